The minimum Gasteiger partial charge on any atom is -0.390 e. The van der Waals surface area contributed by atoms with Crippen molar-refractivity contribution in [3.8, 4) is 0 Å². The lowest BCUT2D eigenvalue weighted by atomic mass is 9.99. The molecular formula is C10H23NO3S. The Balaban J connectivity index is 4.02. The first kappa shape index (κ1) is 14.9. The molecule has 1 atom stereocenters. The maximum atomic E-state index is 11.4. The summed E-state index contributed by atoms with van der Waals surface area (Å²) in [5.41, 5.74) is -0.885. The highest BCUT2D eigenvalue weighted by Crippen LogP contribution is 2.15. The van der Waals surface area contributed by atoms with Crippen LogP contribution in [0.2, 0.25) is 0 Å². The van der Waals surface area contributed by atoms with Gasteiger partial charge in [0.2, 0.25) is 0 Å². The van der Waals surface area contributed by atoms with Gasteiger partial charge in [-0.3, -0.25) is 0 Å². The molecule has 1 unspecified atom stereocenters. The number of rotatable bonds is 8. The van der Waals surface area contributed by atoms with Gasteiger partial charge in [0, 0.05) is 5.75 Å². The van der Waals surface area contributed by atoms with Crippen molar-refractivity contribution in [3.05, 3.63) is 0 Å². The largest absolute Gasteiger partial charge is 0.390 e. The van der Waals surface area contributed by atoms with Gasteiger partial charge in [0.15, 0.2) is 0 Å². The standard InChI is InChI=1S/C10H23NO3S/c1-4-8-15(13,14)9-6-10(2,12)5-7-11-3/h11-12H,4-9H2,1-3H3. The molecule has 2 N–H and O–H groups in total. The molecule has 0 radical (unpaired) electrons. The van der Waals surface area contributed by atoms with Crippen LogP contribution in [0.1, 0.15) is 33.1 Å². The Bertz CT molecular complexity index is 260. The molecule has 0 aliphatic rings. The molecule has 0 aliphatic carbocycles. The van der Waals surface area contributed by atoms with Gasteiger partial charge in [-0.25, -0.2) is 8.42 Å². The molecule has 0 aromatic carbocycles. The zero-order chi connectivity index (χ0) is 11.9. The van der Waals surface area contributed by atoms with Crippen molar-refractivity contribution in [1.82, 2.24) is 5.32 Å². The maximum absolute atomic E-state index is 11.4. The second-order valence-corrected chi connectivity index (χ2v) is 6.56. The van der Waals surface area contributed by atoms with E-state index >= 15 is 0 Å². The fourth-order valence-electron chi connectivity index (χ4n) is 1.31. The highest BCUT2D eigenvalue weighted by Gasteiger charge is 2.22. The number of aliphatic hydroxyl groups is 1. The molecule has 0 saturated carbocycles. The fraction of sp³-hybridized carbons (Fsp3) is 1.00. The van der Waals surface area contributed by atoms with E-state index in [1.54, 1.807) is 6.92 Å². The molecule has 0 fully saturated rings. The Kier molecular flexibility index (Phi) is 6.40. The van der Waals surface area contributed by atoms with Gasteiger partial charge in [-0.05, 0) is 39.8 Å². The summed E-state index contributed by atoms with van der Waals surface area (Å²) >= 11 is 0. The van der Waals surface area contributed by atoms with Crippen LogP contribution in [-0.2, 0) is 9.84 Å². The predicted octanol–water partition coefficient (Wildman–Crippen LogP) is 0.562. The second kappa shape index (κ2) is 6.45. The van der Waals surface area contributed by atoms with Gasteiger partial charge in [0.25, 0.3) is 0 Å². The number of hydrogen-bond acceptors (Lipinski definition) is 4. The van der Waals surface area contributed by atoms with E-state index in [1.165, 1.54) is 0 Å². The normalized spacial score (nSPS) is 16.3. The van der Waals surface area contributed by atoms with Crippen LogP contribution in [0.3, 0.4) is 0 Å². The number of nitrogens with one attached hydrogen (secondary N) is 1. The maximum Gasteiger partial charge on any atom is 0.150 e. The van der Waals surface area contributed by atoms with Crippen LogP contribution >= 0.6 is 0 Å². The van der Waals surface area contributed by atoms with E-state index in [4.69, 9.17) is 0 Å². The van der Waals surface area contributed by atoms with Gasteiger partial charge < -0.3 is 10.4 Å². The molecule has 0 aliphatic heterocycles. The molecule has 0 spiro atoms. The summed E-state index contributed by atoms with van der Waals surface area (Å²) in [5.74, 6) is 0.298. The zero-order valence-electron chi connectivity index (χ0n) is 9.91. The van der Waals surface area contributed by atoms with Crippen LogP contribution in [0.5, 0.6) is 0 Å². The Morgan fingerprint density at radius 1 is 1.27 bits per heavy atom. The average Bonchev–Trinajstić information content (AvgIpc) is 2.12. The summed E-state index contributed by atoms with van der Waals surface area (Å²) in [4.78, 5) is 0. The van der Waals surface area contributed by atoms with E-state index in [1.807, 2.05) is 14.0 Å². The van der Waals surface area contributed by atoms with E-state index in [0.717, 1.165) is 0 Å². The summed E-state index contributed by atoms with van der Waals surface area (Å²) in [7, 11) is -1.16. The zero-order valence-corrected chi connectivity index (χ0v) is 10.7. The first-order chi connectivity index (χ1) is 6.83. The Morgan fingerprint density at radius 2 is 1.87 bits per heavy atom. The molecule has 15 heavy (non-hydrogen) atoms. The summed E-state index contributed by atoms with van der Waals surface area (Å²) < 4.78 is 22.8. The molecule has 0 heterocycles. The fourth-order valence-corrected chi connectivity index (χ4v) is 2.88. The van der Waals surface area contributed by atoms with Gasteiger partial charge in [-0.15, -0.1) is 0 Å². The summed E-state index contributed by atoms with van der Waals surface area (Å²) in [6.45, 7) is 4.23. The number of sulfone groups is 1. The molecular weight excluding hydrogens is 214 g/mol. The second-order valence-electron chi connectivity index (χ2n) is 4.25. The highest BCUT2D eigenvalue weighted by molar-refractivity contribution is 7.91. The molecule has 0 aromatic heterocycles. The third-order valence-corrected chi connectivity index (χ3v) is 4.24. The highest BCUT2D eigenvalue weighted by atomic mass is 32.2. The molecule has 5 heteroatoms. The third kappa shape index (κ3) is 7.76. The van der Waals surface area contributed by atoms with E-state index in [9.17, 15) is 13.5 Å². The summed E-state index contributed by atoms with van der Waals surface area (Å²) in [6, 6.07) is 0. The van der Waals surface area contributed by atoms with Gasteiger partial charge in [-0.2, -0.15) is 0 Å². The quantitative estimate of drug-likeness (QED) is 0.647. The molecule has 4 nitrogen and oxygen atoms in total. The molecule has 0 aromatic rings. The average molecular weight is 237 g/mol. The van der Waals surface area contributed by atoms with Crippen LogP contribution in [0, 0.1) is 0 Å². The van der Waals surface area contributed by atoms with E-state index in [-0.39, 0.29) is 11.5 Å². The van der Waals surface area contributed by atoms with Crippen LogP contribution in [0.15, 0.2) is 0 Å². The minimum absolute atomic E-state index is 0.0809. The van der Waals surface area contributed by atoms with Crippen molar-refractivity contribution in [2.75, 3.05) is 25.1 Å². The Labute approximate surface area is 93.0 Å². The third-order valence-electron chi connectivity index (χ3n) is 2.38. The van der Waals surface area contributed by atoms with Crippen molar-refractivity contribution in [1.29, 1.82) is 0 Å². The van der Waals surface area contributed by atoms with Crippen LogP contribution < -0.4 is 5.32 Å². The van der Waals surface area contributed by atoms with Crippen molar-refractivity contribution in [2.24, 2.45) is 0 Å². The van der Waals surface area contributed by atoms with Crippen LogP contribution in [-0.4, -0.2) is 44.2 Å². The molecule has 0 rings (SSSR count). The first-order valence-corrected chi connectivity index (χ1v) is 7.22. The Morgan fingerprint density at radius 3 is 2.33 bits per heavy atom. The molecule has 0 bridgehead atoms. The lowest BCUT2D eigenvalue weighted by Gasteiger charge is -2.22. The van der Waals surface area contributed by atoms with E-state index in [2.05, 4.69) is 5.32 Å². The van der Waals surface area contributed by atoms with Crippen molar-refractivity contribution < 1.29 is 13.5 Å². The van der Waals surface area contributed by atoms with E-state index < -0.39 is 15.4 Å². The van der Waals surface area contributed by atoms with Gasteiger partial charge in [0.05, 0.1) is 11.4 Å². The SMILES string of the molecule is CCCS(=O)(=O)CCC(C)(O)CCNC. The summed E-state index contributed by atoms with van der Waals surface area (Å²) in [6.07, 6.45) is 1.53. The molecule has 0 saturated heterocycles. The van der Waals surface area contributed by atoms with Crippen molar-refractivity contribution in [2.45, 2.75) is 38.7 Å². The van der Waals surface area contributed by atoms with Crippen molar-refractivity contribution >= 4 is 9.84 Å². The van der Waals surface area contributed by atoms with E-state index in [0.29, 0.717) is 25.8 Å². The molecule has 92 valence electrons. The molecule has 0 amide bonds. The summed E-state index contributed by atoms with van der Waals surface area (Å²) in [5, 5.41) is 12.8. The minimum atomic E-state index is -2.97. The smallest absolute Gasteiger partial charge is 0.150 e. The van der Waals surface area contributed by atoms with Crippen LogP contribution in [0.25, 0.3) is 0 Å². The first-order valence-electron chi connectivity index (χ1n) is 5.40. The Hall–Kier alpha value is -0.130. The van der Waals surface area contributed by atoms with Gasteiger partial charge >= 0.3 is 0 Å². The van der Waals surface area contributed by atoms with Crippen molar-refractivity contribution in [3.63, 3.8) is 0 Å². The lowest BCUT2D eigenvalue weighted by Crippen LogP contribution is -2.31. The van der Waals surface area contributed by atoms with Gasteiger partial charge in [-0.1, -0.05) is 6.92 Å². The number of hydrogen-bond donors (Lipinski definition) is 2. The topological polar surface area (TPSA) is 66.4 Å². The lowest BCUT2D eigenvalue weighted by molar-refractivity contribution is 0.0485. The predicted molar refractivity (Wildman–Crippen MR) is 62.7 cm³/mol. The monoisotopic (exact) mass is 237 g/mol. The van der Waals surface area contributed by atoms with Crippen LogP contribution in [0.4, 0.5) is 0 Å². The van der Waals surface area contributed by atoms with Gasteiger partial charge in [0.1, 0.15) is 9.84 Å².